The van der Waals surface area contributed by atoms with E-state index in [4.69, 9.17) is 4.84 Å². The van der Waals surface area contributed by atoms with Crippen LogP contribution >= 0.6 is 0 Å². The Hall–Kier alpha value is -3.46. The van der Waals surface area contributed by atoms with Crippen LogP contribution in [0.5, 0.6) is 5.75 Å². The third-order valence-corrected chi connectivity index (χ3v) is 4.67. The number of aliphatic carboxylic acids is 1. The number of hydrogen-bond donors (Lipinski definition) is 2. The molecule has 0 bridgehead atoms. The Morgan fingerprint density at radius 1 is 1.13 bits per heavy atom. The molecule has 0 heterocycles. The molecule has 2 N–H and O–H groups in total. The van der Waals surface area contributed by atoms with Gasteiger partial charge >= 0.3 is 5.97 Å². The first-order chi connectivity index (χ1) is 14.2. The van der Waals surface area contributed by atoms with Crippen molar-refractivity contribution in [2.45, 2.75) is 44.9 Å². The lowest BCUT2D eigenvalue weighted by molar-refractivity contribution is -0.539. The van der Waals surface area contributed by atoms with Crippen molar-refractivity contribution >= 4 is 11.9 Å². The van der Waals surface area contributed by atoms with E-state index < -0.39 is 35.0 Å². The molecule has 9 nitrogen and oxygen atoms in total. The number of phenolic OH excluding ortho intramolecular Hbond substituents is 1. The molecule has 0 aliphatic carbocycles. The van der Waals surface area contributed by atoms with Crippen molar-refractivity contribution in [3.05, 3.63) is 75.8 Å². The predicted molar refractivity (Wildman–Crippen MR) is 107 cm³/mol. The molecule has 9 heteroatoms. The monoisotopic (exact) mass is 416 g/mol. The number of nitro groups is 1. The topological polar surface area (TPSA) is 130 Å². The van der Waals surface area contributed by atoms with E-state index in [9.17, 15) is 29.9 Å². The molecular weight excluding hydrogens is 392 g/mol. The number of carbonyl (C=O) groups is 2. The summed E-state index contributed by atoms with van der Waals surface area (Å²) in [6.07, 6.45) is -1.01. The highest BCUT2D eigenvalue weighted by Crippen LogP contribution is 2.19. The summed E-state index contributed by atoms with van der Waals surface area (Å²) in [5.41, 5.74) is 0.736. The number of benzene rings is 2. The van der Waals surface area contributed by atoms with Crippen LogP contribution in [-0.4, -0.2) is 50.3 Å². The summed E-state index contributed by atoms with van der Waals surface area (Å²) in [6, 6.07) is 11.3. The van der Waals surface area contributed by atoms with Gasteiger partial charge in [-0.05, 0) is 36.8 Å². The molecule has 0 fully saturated rings. The molecule has 3 unspecified atom stereocenters. The fourth-order valence-corrected chi connectivity index (χ4v) is 3.00. The molecule has 160 valence electrons. The number of carboxylic acid groups (broad SMARTS) is 1. The summed E-state index contributed by atoms with van der Waals surface area (Å²) < 4.78 is 0. The molecular formula is C21H24N2O7. The summed E-state index contributed by atoms with van der Waals surface area (Å²) in [5, 5.41) is 31.3. The molecule has 3 atom stereocenters. The molecule has 0 aliphatic rings. The second-order valence-electron chi connectivity index (χ2n) is 6.79. The number of carbonyl (C=O) groups excluding carboxylic acids is 1. The molecule has 2 aromatic carbocycles. The Balaban J connectivity index is 2.40. The third-order valence-electron chi connectivity index (χ3n) is 4.67. The van der Waals surface area contributed by atoms with Gasteiger partial charge < -0.3 is 10.2 Å². The average Bonchev–Trinajstić information content (AvgIpc) is 2.72. The highest BCUT2D eigenvalue weighted by atomic mass is 16.7. The van der Waals surface area contributed by atoms with Crippen LogP contribution in [0.3, 0.4) is 0 Å². The highest BCUT2D eigenvalue weighted by molar-refractivity contribution is 5.95. The van der Waals surface area contributed by atoms with Crippen LogP contribution in [0, 0.1) is 10.1 Å². The number of rotatable bonds is 10. The number of aromatic hydroxyl groups is 1. The Morgan fingerprint density at radius 3 is 2.23 bits per heavy atom. The van der Waals surface area contributed by atoms with E-state index in [2.05, 4.69) is 0 Å². The lowest BCUT2D eigenvalue weighted by Gasteiger charge is -2.31. The fourth-order valence-electron chi connectivity index (χ4n) is 3.00. The van der Waals surface area contributed by atoms with Gasteiger partial charge in [0.1, 0.15) is 11.9 Å². The first-order valence-corrected chi connectivity index (χ1v) is 9.44. The van der Waals surface area contributed by atoms with E-state index in [0.717, 1.165) is 0 Å². The minimum absolute atomic E-state index is 0.0180. The lowest BCUT2D eigenvalue weighted by atomic mass is 10.0. The van der Waals surface area contributed by atoms with Crippen molar-refractivity contribution in [3.63, 3.8) is 0 Å². The Bertz CT molecular complexity index is 871. The summed E-state index contributed by atoms with van der Waals surface area (Å²) >= 11 is 0. The zero-order valence-corrected chi connectivity index (χ0v) is 16.7. The maximum atomic E-state index is 13.1. The Morgan fingerprint density at radius 2 is 1.73 bits per heavy atom. The summed E-state index contributed by atoms with van der Waals surface area (Å²) in [6.45, 7) is 3.05. The first kappa shape index (κ1) is 22.8. The van der Waals surface area contributed by atoms with Crippen LogP contribution in [0.2, 0.25) is 0 Å². The molecule has 0 spiro atoms. The molecule has 30 heavy (non-hydrogen) atoms. The molecule has 0 radical (unpaired) electrons. The van der Waals surface area contributed by atoms with Gasteiger partial charge in [-0.15, -0.1) is 0 Å². The molecule has 2 aromatic rings. The van der Waals surface area contributed by atoms with Crippen LogP contribution in [0.1, 0.15) is 36.2 Å². The molecule has 2 rings (SSSR count). The van der Waals surface area contributed by atoms with Gasteiger partial charge in [0.2, 0.25) is 6.04 Å². The highest BCUT2D eigenvalue weighted by Gasteiger charge is 2.37. The molecule has 0 aliphatic heterocycles. The Kier molecular flexibility index (Phi) is 7.88. The molecule has 1 amide bonds. The van der Waals surface area contributed by atoms with Crippen molar-refractivity contribution in [1.82, 2.24) is 5.06 Å². The van der Waals surface area contributed by atoms with Gasteiger partial charge in [0.05, 0.1) is 0 Å². The van der Waals surface area contributed by atoms with E-state index in [1.165, 1.54) is 43.3 Å². The lowest BCUT2D eigenvalue weighted by Crippen LogP contribution is -2.50. The first-order valence-electron chi connectivity index (χ1n) is 9.44. The zero-order chi connectivity index (χ0) is 22.3. The van der Waals surface area contributed by atoms with Crippen LogP contribution in [-0.2, 0) is 16.1 Å². The van der Waals surface area contributed by atoms with Crippen molar-refractivity contribution in [2.24, 2.45) is 0 Å². The fraction of sp³-hybridized carbons (Fsp3) is 0.333. The SMILES string of the molecule is CCC(C(C)ON(C(=O)c1ccccc1)C(Cc1ccc(O)cc1)C(=O)O)[N+](=O)[O-]. The van der Waals surface area contributed by atoms with Gasteiger partial charge in [0.25, 0.3) is 5.91 Å². The standard InChI is InChI=1S/C21H24N2O7/c1-3-18(23(28)29)14(2)30-22(20(25)16-7-5-4-6-8-16)19(21(26)27)13-15-9-11-17(24)12-10-15/h4-12,14,18-19,24H,3,13H2,1-2H3,(H,26,27). The van der Waals surface area contributed by atoms with Crippen molar-refractivity contribution in [1.29, 1.82) is 0 Å². The van der Waals surface area contributed by atoms with Crippen LogP contribution in [0.25, 0.3) is 0 Å². The van der Waals surface area contributed by atoms with Crippen LogP contribution in [0.4, 0.5) is 0 Å². The number of amides is 1. The maximum absolute atomic E-state index is 13.1. The molecule has 0 aromatic heterocycles. The van der Waals surface area contributed by atoms with E-state index in [-0.39, 0.29) is 24.2 Å². The van der Waals surface area contributed by atoms with Gasteiger partial charge in [0.15, 0.2) is 6.04 Å². The maximum Gasteiger partial charge on any atom is 0.329 e. The van der Waals surface area contributed by atoms with Crippen molar-refractivity contribution < 1.29 is 29.6 Å². The van der Waals surface area contributed by atoms with Crippen molar-refractivity contribution in [2.75, 3.05) is 0 Å². The molecule has 0 saturated carbocycles. The molecule has 0 saturated heterocycles. The van der Waals surface area contributed by atoms with Gasteiger partial charge in [-0.2, -0.15) is 0 Å². The normalized spacial score (nSPS) is 13.8. The smallest absolute Gasteiger partial charge is 0.329 e. The second-order valence-corrected chi connectivity index (χ2v) is 6.79. The number of carboxylic acids is 1. The quantitative estimate of drug-likeness (QED) is 0.450. The number of nitrogens with zero attached hydrogens (tertiary/aromatic N) is 2. The second kappa shape index (κ2) is 10.4. The Labute approximate surface area is 173 Å². The minimum atomic E-state index is -1.44. The number of phenols is 1. The summed E-state index contributed by atoms with van der Waals surface area (Å²) in [7, 11) is 0. The van der Waals surface area contributed by atoms with Gasteiger partial charge in [-0.25, -0.2) is 9.86 Å². The largest absolute Gasteiger partial charge is 0.508 e. The van der Waals surface area contributed by atoms with Gasteiger partial charge in [0, 0.05) is 23.3 Å². The van der Waals surface area contributed by atoms with E-state index >= 15 is 0 Å². The van der Waals surface area contributed by atoms with E-state index in [1.54, 1.807) is 25.1 Å². The average molecular weight is 416 g/mol. The van der Waals surface area contributed by atoms with Crippen molar-refractivity contribution in [3.8, 4) is 5.75 Å². The van der Waals surface area contributed by atoms with Crippen LogP contribution in [0.15, 0.2) is 54.6 Å². The number of hydrogen-bond acceptors (Lipinski definition) is 6. The minimum Gasteiger partial charge on any atom is -0.508 e. The zero-order valence-electron chi connectivity index (χ0n) is 16.7. The van der Waals surface area contributed by atoms with Crippen LogP contribution < -0.4 is 0 Å². The summed E-state index contributed by atoms with van der Waals surface area (Å²) in [5.74, 6) is -2.02. The number of hydroxylamine groups is 2. The van der Waals surface area contributed by atoms with Gasteiger partial charge in [-0.3, -0.25) is 19.7 Å². The van der Waals surface area contributed by atoms with E-state index in [1.807, 2.05) is 0 Å². The predicted octanol–water partition coefficient (Wildman–Crippen LogP) is 2.91. The third kappa shape index (κ3) is 5.77. The van der Waals surface area contributed by atoms with E-state index in [0.29, 0.717) is 10.6 Å². The van der Waals surface area contributed by atoms with Gasteiger partial charge in [-0.1, -0.05) is 37.3 Å². The summed E-state index contributed by atoms with van der Waals surface area (Å²) in [4.78, 5) is 41.5.